The van der Waals surface area contributed by atoms with Gasteiger partial charge in [0.25, 0.3) is 5.91 Å². The van der Waals surface area contributed by atoms with Crippen LogP contribution in [-0.2, 0) is 24.1 Å². The number of hydrogen-bond donors (Lipinski definition) is 2. The minimum absolute atomic E-state index is 0.189. The average Bonchev–Trinajstić information content (AvgIpc) is 2.97. The van der Waals surface area contributed by atoms with Crippen LogP contribution in [0.4, 0.5) is 0 Å². The van der Waals surface area contributed by atoms with Crippen molar-refractivity contribution in [2.75, 3.05) is 0 Å². The van der Waals surface area contributed by atoms with E-state index in [9.17, 15) is 9.59 Å². The average molecular weight is 357 g/mol. The maximum atomic E-state index is 12.3. The quantitative estimate of drug-likeness (QED) is 0.829. The van der Waals surface area contributed by atoms with Crippen LogP contribution in [0, 0.1) is 6.92 Å². The molecule has 0 atom stereocenters. The van der Waals surface area contributed by atoms with E-state index in [0.29, 0.717) is 4.88 Å². The van der Waals surface area contributed by atoms with E-state index in [0.717, 1.165) is 24.1 Å². The largest absolute Gasteiger partial charge is 0.279 e. The Labute approximate surface area is 151 Å². The first-order valence-electron chi connectivity index (χ1n) is 8.74. The van der Waals surface area contributed by atoms with E-state index in [1.54, 1.807) is 17.5 Å². The van der Waals surface area contributed by atoms with Crippen molar-refractivity contribution in [3.63, 3.8) is 0 Å². The third-order valence-electron chi connectivity index (χ3n) is 4.37. The van der Waals surface area contributed by atoms with Gasteiger partial charge in [0, 0.05) is 16.8 Å². The van der Waals surface area contributed by atoms with Gasteiger partial charge in [-0.2, -0.15) is 0 Å². The van der Waals surface area contributed by atoms with E-state index < -0.39 is 0 Å². The van der Waals surface area contributed by atoms with E-state index in [4.69, 9.17) is 0 Å². The van der Waals surface area contributed by atoms with Crippen LogP contribution in [0.15, 0.2) is 24.4 Å². The molecule has 0 aromatic carbocycles. The van der Waals surface area contributed by atoms with Crippen molar-refractivity contribution >= 4 is 23.2 Å². The lowest BCUT2D eigenvalue weighted by Gasteiger charge is -2.07. The lowest BCUT2D eigenvalue weighted by molar-refractivity contribution is -0.121. The van der Waals surface area contributed by atoms with Gasteiger partial charge in [-0.25, -0.2) is 0 Å². The summed E-state index contributed by atoms with van der Waals surface area (Å²) in [5, 5.41) is 0. The Morgan fingerprint density at radius 2 is 1.92 bits per heavy atom. The summed E-state index contributed by atoms with van der Waals surface area (Å²) in [4.78, 5) is 30.4. The van der Waals surface area contributed by atoms with Crippen LogP contribution in [0.3, 0.4) is 0 Å². The fourth-order valence-electron chi connectivity index (χ4n) is 2.98. The number of fused-ring (bicyclic) bond motifs is 1. The zero-order valence-electron chi connectivity index (χ0n) is 14.4. The number of hydrogen-bond acceptors (Lipinski definition) is 4. The molecule has 2 N–H and O–H groups in total. The third kappa shape index (κ3) is 4.89. The Kier molecular flexibility index (Phi) is 5.81. The van der Waals surface area contributed by atoms with Gasteiger partial charge >= 0.3 is 0 Å². The molecule has 1 aliphatic carbocycles. The third-order valence-corrected chi connectivity index (χ3v) is 5.61. The smallest absolute Gasteiger partial charge is 0.273 e. The van der Waals surface area contributed by atoms with Gasteiger partial charge < -0.3 is 0 Å². The van der Waals surface area contributed by atoms with E-state index in [2.05, 4.69) is 15.8 Å². The van der Waals surface area contributed by atoms with Gasteiger partial charge in [-0.1, -0.05) is 18.9 Å². The predicted octanol–water partition coefficient (Wildman–Crippen LogP) is 3.11. The molecule has 5 nitrogen and oxygen atoms in total. The number of hydrazine groups is 1. The lowest BCUT2D eigenvalue weighted by Crippen LogP contribution is -2.42. The topological polar surface area (TPSA) is 71.1 Å². The van der Waals surface area contributed by atoms with Crippen molar-refractivity contribution in [2.45, 2.75) is 51.9 Å². The molecule has 0 aliphatic heterocycles. The van der Waals surface area contributed by atoms with Gasteiger partial charge in [0.15, 0.2) is 0 Å². The maximum Gasteiger partial charge on any atom is 0.279 e. The molecule has 6 heteroatoms. The van der Waals surface area contributed by atoms with E-state index >= 15 is 0 Å². The standard InChI is InChI=1S/C19H23N3O2S/c1-13-8-9-14(12-20-13)10-18(23)21-22-19(24)17-11-15-6-4-2-3-5-7-16(15)25-17/h8-9,11-12H,2-7,10H2,1H3,(H,21,23)(H,22,24). The molecule has 0 spiro atoms. The summed E-state index contributed by atoms with van der Waals surface area (Å²) in [5.74, 6) is -0.499. The highest BCUT2D eigenvalue weighted by molar-refractivity contribution is 7.14. The summed E-state index contributed by atoms with van der Waals surface area (Å²) in [7, 11) is 0. The van der Waals surface area contributed by atoms with Crippen LogP contribution >= 0.6 is 11.3 Å². The number of aromatic nitrogens is 1. The molecule has 2 amide bonds. The van der Waals surface area contributed by atoms with Crippen molar-refractivity contribution in [2.24, 2.45) is 0 Å². The van der Waals surface area contributed by atoms with Crippen molar-refractivity contribution in [1.29, 1.82) is 0 Å². The molecule has 1 aliphatic rings. The molecule has 0 saturated heterocycles. The van der Waals surface area contributed by atoms with Gasteiger partial charge in [0.05, 0.1) is 11.3 Å². The molecule has 0 saturated carbocycles. The van der Waals surface area contributed by atoms with Crippen LogP contribution in [0.5, 0.6) is 0 Å². The normalized spacial score (nSPS) is 14.1. The number of nitrogens with one attached hydrogen (secondary N) is 2. The fourth-order valence-corrected chi connectivity index (χ4v) is 4.13. The van der Waals surface area contributed by atoms with Gasteiger partial charge in [-0.15, -0.1) is 11.3 Å². The molecule has 132 valence electrons. The monoisotopic (exact) mass is 357 g/mol. The van der Waals surface area contributed by atoms with Crippen molar-refractivity contribution in [3.05, 3.63) is 51.0 Å². The van der Waals surface area contributed by atoms with Crippen LogP contribution in [-0.4, -0.2) is 16.8 Å². The Morgan fingerprint density at radius 1 is 1.12 bits per heavy atom. The number of nitrogens with zero attached hydrogens (tertiary/aromatic N) is 1. The summed E-state index contributed by atoms with van der Waals surface area (Å²) >= 11 is 1.55. The molecule has 0 radical (unpaired) electrons. The number of rotatable bonds is 3. The molecule has 0 bridgehead atoms. The van der Waals surface area contributed by atoms with Gasteiger partial charge in [0.1, 0.15) is 0 Å². The highest BCUT2D eigenvalue weighted by atomic mass is 32.1. The number of aryl methyl sites for hydroxylation is 3. The molecule has 0 fully saturated rings. The molecular formula is C19H23N3O2S. The van der Waals surface area contributed by atoms with Crippen LogP contribution < -0.4 is 10.9 Å². The summed E-state index contributed by atoms with van der Waals surface area (Å²) in [6, 6.07) is 5.71. The van der Waals surface area contributed by atoms with Crippen LogP contribution in [0.25, 0.3) is 0 Å². The zero-order valence-corrected chi connectivity index (χ0v) is 15.2. The van der Waals surface area contributed by atoms with Crippen molar-refractivity contribution in [3.8, 4) is 0 Å². The number of amides is 2. The Hall–Kier alpha value is -2.21. The molecule has 25 heavy (non-hydrogen) atoms. The molecular weight excluding hydrogens is 334 g/mol. The second kappa shape index (κ2) is 8.25. The minimum Gasteiger partial charge on any atom is -0.273 e. The molecule has 2 aromatic rings. The first kappa shape index (κ1) is 17.6. The van der Waals surface area contributed by atoms with Crippen LogP contribution in [0.1, 0.15) is 57.1 Å². The van der Waals surface area contributed by atoms with Crippen molar-refractivity contribution < 1.29 is 9.59 Å². The second-order valence-corrected chi connectivity index (χ2v) is 7.60. The van der Waals surface area contributed by atoms with Crippen molar-refractivity contribution in [1.82, 2.24) is 15.8 Å². The fraction of sp³-hybridized carbons (Fsp3) is 0.421. The Balaban J connectivity index is 1.54. The molecule has 2 aromatic heterocycles. The number of carbonyl (C=O) groups excluding carboxylic acids is 2. The summed E-state index contributed by atoms with van der Waals surface area (Å²) in [6.07, 6.45) is 8.88. The summed E-state index contributed by atoms with van der Waals surface area (Å²) in [5.41, 5.74) is 8.03. The SMILES string of the molecule is Cc1ccc(CC(=O)NNC(=O)c2cc3c(s2)CCCCCC3)cn1. The Bertz CT molecular complexity index is 727. The van der Waals surface area contributed by atoms with Crippen LogP contribution in [0.2, 0.25) is 0 Å². The highest BCUT2D eigenvalue weighted by Crippen LogP contribution is 2.28. The highest BCUT2D eigenvalue weighted by Gasteiger charge is 2.16. The number of pyridine rings is 1. The molecule has 2 heterocycles. The van der Waals surface area contributed by atoms with Gasteiger partial charge in [-0.05, 0) is 55.9 Å². The summed E-state index contributed by atoms with van der Waals surface area (Å²) in [6.45, 7) is 1.90. The zero-order chi connectivity index (χ0) is 17.6. The lowest BCUT2D eigenvalue weighted by atomic mass is 10.00. The maximum absolute atomic E-state index is 12.3. The first-order valence-corrected chi connectivity index (χ1v) is 9.56. The summed E-state index contributed by atoms with van der Waals surface area (Å²) < 4.78 is 0. The Morgan fingerprint density at radius 3 is 2.68 bits per heavy atom. The molecule has 3 rings (SSSR count). The first-order chi connectivity index (χ1) is 12.1. The second-order valence-electron chi connectivity index (χ2n) is 6.46. The van der Waals surface area contributed by atoms with Gasteiger partial charge in [0.2, 0.25) is 5.91 Å². The van der Waals surface area contributed by atoms with E-state index in [1.165, 1.54) is 36.1 Å². The van der Waals surface area contributed by atoms with Gasteiger partial charge in [-0.3, -0.25) is 25.4 Å². The molecule has 0 unspecified atom stereocenters. The predicted molar refractivity (Wildman–Crippen MR) is 98.5 cm³/mol. The van der Waals surface area contributed by atoms with E-state index in [1.807, 2.05) is 25.1 Å². The number of thiophene rings is 1. The number of carbonyl (C=O) groups is 2. The van der Waals surface area contributed by atoms with E-state index in [-0.39, 0.29) is 18.2 Å². The minimum atomic E-state index is -0.256.